The lowest BCUT2D eigenvalue weighted by Gasteiger charge is -2.29. The Labute approximate surface area is 159 Å². The molecule has 4 aromatic rings. The van der Waals surface area contributed by atoms with Crippen LogP contribution in [-0.2, 0) is 0 Å². The maximum atomic E-state index is 14.9. The Morgan fingerprint density at radius 2 is 1.89 bits per heavy atom. The van der Waals surface area contributed by atoms with Crippen LogP contribution in [0.2, 0.25) is 0 Å². The molecule has 0 spiro atoms. The molecular weight excluding hydrogens is 364 g/mol. The minimum atomic E-state index is -0.459. The van der Waals surface area contributed by atoms with Crippen molar-refractivity contribution < 1.29 is 8.78 Å². The Kier molecular flexibility index (Phi) is 3.90. The van der Waals surface area contributed by atoms with Gasteiger partial charge in [0.15, 0.2) is 17.3 Å². The Bertz CT molecular complexity index is 1170. The Hall–Kier alpha value is -3.20. The summed E-state index contributed by atoms with van der Waals surface area (Å²) in [6.45, 7) is 5.20. The van der Waals surface area contributed by atoms with Crippen molar-refractivity contribution in [3.63, 3.8) is 0 Å². The van der Waals surface area contributed by atoms with E-state index in [1.807, 2.05) is 6.07 Å². The molecule has 1 aliphatic heterocycles. The lowest BCUT2D eigenvalue weighted by Crippen LogP contribution is -2.43. The molecule has 7 nitrogen and oxygen atoms in total. The molecule has 1 aliphatic rings. The van der Waals surface area contributed by atoms with E-state index in [0.717, 1.165) is 31.9 Å². The third kappa shape index (κ3) is 2.84. The second-order valence-electron chi connectivity index (χ2n) is 6.97. The fourth-order valence-corrected chi connectivity index (χ4v) is 3.67. The topological polar surface area (TPSA) is 73.3 Å². The number of imidazole rings is 1. The van der Waals surface area contributed by atoms with Gasteiger partial charge in [-0.05, 0) is 19.1 Å². The van der Waals surface area contributed by atoms with Crippen LogP contribution < -0.4 is 15.5 Å². The van der Waals surface area contributed by atoms with E-state index < -0.39 is 5.82 Å². The van der Waals surface area contributed by atoms with Crippen molar-refractivity contribution >= 4 is 33.7 Å². The first kappa shape index (κ1) is 16.9. The predicted octanol–water partition coefficient (Wildman–Crippen LogP) is 2.95. The van der Waals surface area contributed by atoms with Gasteiger partial charge in [-0.15, -0.1) is 0 Å². The van der Waals surface area contributed by atoms with Gasteiger partial charge in [-0.1, -0.05) is 0 Å². The van der Waals surface area contributed by atoms with Gasteiger partial charge in [0.1, 0.15) is 5.82 Å². The smallest absolute Gasteiger partial charge is 0.173 e. The van der Waals surface area contributed by atoms with Crippen LogP contribution in [-0.4, -0.2) is 45.8 Å². The van der Waals surface area contributed by atoms with Crippen molar-refractivity contribution in [1.82, 2.24) is 24.9 Å². The molecule has 5 rings (SSSR count). The van der Waals surface area contributed by atoms with Gasteiger partial charge in [0.25, 0.3) is 0 Å². The number of anilines is 3. The van der Waals surface area contributed by atoms with Crippen molar-refractivity contribution in [3.8, 4) is 0 Å². The molecule has 0 bridgehead atoms. The second-order valence-corrected chi connectivity index (χ2v) is 6.97. The summed E-state index contributed by atoms with van der Waals surface area (Å²) in [5.74, 6) is -0.517. The SMILES string of the molecule is Cc1cn2cc(Nc3n[nH]c4cc(N5CCNCC5)cc(F)c34)cc(F)c2n1. The molecule has 0 unspecified atom stereocenters. The van der Waals surface area contributed by atoms with E-state index >= 15 is 0 Å². The van der Waals surface area contributed by atoms with E-state index in [4.69, 9.17) is 0 Å². The molecule has 144 valence electrons. The van der Waals surface area contributed by atoms with Crippen molar-refractivity contribution in [3.05, 3.63) is 47.9 Å². The van der Waals surface area contributed by atoms with Crippen LogP contribution in [0.25, 0.3) is 16.6 Å². The van der Waals surface area contributed by atoms with E-state index in [0.29, 0.717) is 28.1 Å². The molecule has 0 aliphatic carbocycles. The molecule has 0 radical (unpaired) electrons. The summed E-state index contributed by atoms with van der Waals surface area (Å²) in [7, 11) is 0. The maximum Gasteiger partial charge on any atom is 0.173 e. The Morgan fingerprint density at radius 3 is 2.71 bits per heavy atom. The first-order valence-corrected chi connectivity index (χ1v) is 9.13. The van der Waals surface area contributed by atoms with Crippen LogP contribution in [0.3, 0.4) is 0 Å². The number of rotatable bonds is 3. The maximum absolute atomic E-state index is 14.9. The standard InChI is InChI=1S/C19H19F2N7/c1-11-9-28-10-12(6-15(21)19(28)23-11)24-18-17-14(20)7-13(8-16(17)25-26-18)27-4-2-22-3-5-27/h6-10,22H,2-5H2,1H3,(H2,24,25,26). The molecule has 4 heterocycles. The monoisotopic (exact) mass is 383 g/mol. The number of nitrogens with zero attached hydrogens (tertiary/aromatic N) is 4. The van der Waals surface area contributed by atoms with Gasteiger partial charge in [-0.3, -0.25) is 5.10 Å². The number of nitrogens with one attached hydrogen (secondary N) is 3. The summed E-state index contributed by atoms with van der Waals surface area (Å²) in [6.07, 6.45) is 3.43. The summed E-state index contributed by atoms with van der Waals surface area (Å²) in [5, 5.41) is 13.7. The Morgan fingerprint density at radius 1 is 1.07 bits per heavy atom. The lowest BCUT2D eigenvalue weighted by molar-refractivity contribution is 0.586. The highest BCUT2D eigenvalue weighted by atomic mass is 19.1. The molecule has 3 aromatic heterocycles. The highest BCUT2D eigenvalue weighted by molar-refractivity contribution is 5.94. The van der Waals surface area contributed by atoms with E-state index in [9.17, 15) is 8.78 Å². The number of aromatic amines is 1. The van der Waals surface area contributed by atoms with Gasteiger partial charge in [-0.2, -0.15) is 5.10 Å². The van der Waals surface area contributed by atoms with Crippen molar-refractivity contribution in [2.75, 3.05) is 36.4 Å². The van der Waals surface area contributed by atoms with Gasteiger partial charge in [-0.25, -0.2) is 13.8 Å². The number of piperazine rings is 1. The lowest BCUT2D eigenvalue weighted by atomic mass is 10.2. The summed E-state index contributed by atoms with van der Waals surface area (Å²) in [5.41, 5.74) is 2.84. The number of H-pyrrole nitrogens is 1. The predicted molar refractivity (Wildman–Crippen MR) is 104 cm³/mol. The quantitative estimate of drug-likeness (QED) is 0.507. The molecule has 0 saturated carbocycles. The number of hydrogen-bond acceptors (Lipinski definition) is 5. The Balaban J connectivity index is 1.51. The first-order valence-electron chi connectivity index (χ1n) is 9.13. The van der Waals surface area contributed by atoms with Gasteiger partial charge in [0, 0.05) is 50.3 Å². The third-order valence-electron chi connectivity index (χ3n) is 4.97. The zero-order valence-electron chi connectivity index (χ0n) is 15.3. The van der Waals surface area contributed by atoms with Crippen LogP contribution in [0.4, 0.5) is 26.0 Å². The van der Waals surface area contributed by atoms with Gasteiger partial charge in [0.2, 0.25) is 0 Å². The van der Waals surface area contributed by atoms with Crippen molar-refractivity contribution in [2.24, 2.45) is 0 Å². The molecule has 9 heteroatoms. The van der Waals surface area contributed by atoms with Gasteiger partial charge in [0.05, 0.1) is 22.3 Å². The highest BCUT2D eigenvalue weighted by Gasteiger charge is 2.17. The second kappa shape index (κ2) is 6.45. The minimum Gasteiger partial charge on any atom is -0.369 e. The zero-order chi connectivity index (χ0) is 19.3. The van der Waals surface area contributed by atoms with Crippen LogP contribution in [0, 0.1) is 18.6 Å². The van der Waals surface area contributed by atoms with Gasteiger partial charge >= 0.3 is 0 Å². The van der Waals surface area contributed by atoms with E-state index in [-0.39, 0.29) is 11.5 Å². The fraction of sp³-hybridized carbons (Fsp3) is 0.263. The number of benzene rings is 1. The largest absolute Gasteiger partial charge is 0.369 e. The van der Waals surface area contributed by atoms with Crippen LogP contribution in [0.5, 0.6) is 0 Å². The number of aromatic nitrogens is 4. The minimum absolute atomic E-state index is 0.252. The number of pyridine rings is 1. The molecule has 1 saturated heterocycles. The molecule has 1 fully saturated rings. The molecule has 0 amide bonds. The molecule has 3 N–H and O–H groups in total. The zero-order valence-corrected chi connectivity index (χ0v) is 15.3. The number of hydrogen-bond donors (Lipinski definition) is 3. The summed E-state index contributed by atoms with van der Waals surface area (Å²) < 4.78 is 30.8. The molecule has 0 atom stereocenters. The third-order valence-corrected chi connectivity index (χ3v) is 4.97. The summed E-state index contributed by atoms with van der Waals surface area (Å²) >= 11 is 0. The highest BCUT2D eigenvalue weighted by Crippen LogP contribution is 2.31. The average Bonchev–Trinajstić information content (AvgIpc) is 3.26. The van der Waals surface area contributed by atoms with Crippen molar-refractivity contribution in [1.29, 1.82) is 0 Å². The summed E-state index contributed by atoms with van der Waals surface area (Å²) in [4.78, 5) is 6.27. The fourth-order valence-electron chi connectivity index (χ4n) is 3.67. The van der Waals surface area contributed by atoms with Crippen LogP contribution in [0.15, 0.2) is 30.6 Å². The number of aryl methyl sites for hydroxylation is 1. The molecule has 1 aromatic carbocycles. The molecular formula is C19H19F2N7. The van der Waals surface area contributed by atoms with Gasteiger partial charge < -0.3 is 19.9 Å². The first-order chi connectivity index (χ1) is 13.6. The molecule has 28 heavy (non-hydrogen) atoms. The van der Waals surface area contributed by atoms with Crippen molar-refractivity contribution in [2.45, 2.75) is 6.92 Å². The average molecular weight is 383 g/mol. The number of fused-ring (bicyclic) bond motifs is 2. The van der Waals surface area contributed by atoms with Crippen LogP contribution in [0.1, 0.15) is 5.69 Å². The van der Waals surface area contributed by atoms with E-state index in [1.165, 1.54) is 12.1 Å². The summed E-state index contributed by atoms with van der Waals surface area (Å²) in [6, 6.07) is 4.75. The number of halogens is 2. The van der Waals surface area contributed by atoms with E-state index in [2.05, 4.69) is 30.7 Å². The van der Waals surface area contributed by atoms with E-state index in [1.54, 1.807) is 23.7 Å². The normalized spacial score (nSPS) is 14.9. The van der Waals surface area contributed by atoms with Crippen LogP contribution >= 0.6 is 0 Å².